The molecule has 6 aliphatic carbocycles. The van der Waals surface area contributed by atoms with Crippen molar-refractivity contribution in [1.82, 2.24) is 4.90 Å². The Morgan fingerprint density at radius 1 is 0.886 bits per heavy atom. The predicted molar refractivity (Wildman–Crippen MR) is 168 cm³/mol. The summed E-state index contributed by atoms with van der Waals surface area (Å²) in [6, 6.07) is 0. The molecule has 7 nitrogen and oxygen atoms in total. The summed E-state index contributed by atoms with van der Waals surface area (Å²) in [6.07, 6.45) is 15.6. The van der Waals surface area contributed by atoms with Crippen LogP contribution in [0.2, 0.25) is 0 Å². The number of hydrogen-bond acceptors (Lipinski definition) is 5. The number of morpholine rings is 1. The van der Waals surface area contributed by atoms with Crippen molar-refractivity contribution < 1.29 is 28.9 Å². The van der Waals surface area contributed by atoms with Gasteiger partial charge in [-0.25, -0.2) is 0 Å². The van der Waals surface area contributed by atoms with Gasteiger partial charge in [0.1, 0.15) is 0 Å². The van der Waals surface area contributed by atoms with Crippen LogP contribution < -0.4 is 0 Å². The summed E-state index contributed by atoms with van der Waals surface area (Å²) in [6.45, 7) is 13.4. The Balaban J connectivity index is 0.00000153. The molecule has 2 aliphatic heterocycles. The highest BCUT2D eigenvalue weighted by atomic mass is 16.7. The van der Waals surface area contributed by atoms with Crippen LogP contribution in [0.15, 0.2) is 0 Å². The lowest BCUT2D eigenvalue weighted by Gasteiger charge is -2.60. The number of ether oxygens (including phenoxy) is 3. The van der Waals surface area contributed by atoms with E-state index in [1.54, 1.807) is 0 Å². The first-order valence-electron chi connectivity index (χ1n) is 18.5. The van der Waals surface area contributed by atoms with E-state index in [-0.39, 0.29) is 42.3 Å². The Bertz CT molecular complexity index is 1120. The lowest BCUT2D eigenvalue weighted by Crippen LogP contribution is -2.56. The number of carboxylic acids is 1. The minimum Gasteiger partial charge on any atom is -0.481 e. The van der Waals surface area contributed by atoms with Crippen LogP contribution in [0.25, 0.3) is 0 Å². The number of aliphatic carboxylic acids is 1. The number of carbonyl (C=O) groups excluding carboxylic acids is 1. The third-order valence-corrected chi connectivity index (χ3v) is 14.9. The van der Waals surface area contributed by atoms with Gasteiger partial charge in [0.2, 0.25) is 5.91 Å². The molecule has 8 fully saturated rings. The lowest BCUT2D eigenvalue weighted by atomic mass is 9.46. The first kappa shape index (κ1) is 31.4. The average molecular weight is 614 g/mol. The van der Waals surface area contributed by atoms with Crippen LogP contribution in [0.5, 0.6) is 0 Å². The first-order chi connectivity index (χ1) is 21.1. The van der Waals surface area contributed by atoms with Gasteiger partial charge in [0.05, 0.1) is 37.9 Å². The van der Waals surface area contributed by atoms with E-state index < -0.39 is 5.97 Å². The van der Waals surface area contributed by atoms with E-state index in [9.17, 15) is 14.7 Å². The number of rotatable bonds is 6. The van der Waals surface area contributed by atoms with Crippen molar-refractivity contribution in [2.75, 3.05) is 19.7 Å². The molecule has 248 valence electrons. The van der Waals surface area contributed by atoms with Crippen LogP contribution in [0.1, 0.15) is 125 Å². The minimum absolute atomic E-state index is 0.0912. The van der Waals surface area contributed by atoms with Crippen LogP contribution in [0.4, 0.5) is 0 Å². The van der Waals surface area contributed by atoms with Crippen LogP contribution in [0, 0.1) is 51.2 Å². The van der Waals surface area contributed by atoms with Crippen molar-refractivity contribution in [3.63, 3.8) is 0 Å². The first-order valence-corrected chi connectivity index (χ1v) is 18.5. The summed E-state index contributed by atoms with van der Waals surface area (Å²) in [7, 11) is 0. The van der Waals surface area contributed by atoms with E-state index in [1.165, 1.54) is 51.4 Å². The molecule has 1 amide bonds. The molecule has 7 heteroatoms. The van der Waals surface area contributed by atoms with E-state index in [1.807, 2.05) is 18.7 Å². The molecule has 2 heterocycles. The Kier molecular flexibility index (Phi) is 8.01. The van der Waals surface area contributed by atoms with Crippen molar-refractivity contribution in [2.45, 2.75) is 149 Å². The van der Waals surface area contributed by atoms with Gasteiger partial charge in [0.25, 0.3) is 0 Å². The number of carboxylic acid groups (broad SMARTS) is 1. The third kappa shape index (κ3) is 4.83. The Labute approximate surface area is 265 Å². The van der Waals surface area contributed by atoms with Gasteiger partial charge in [-0.1, -0.05) is 34.6 Å². The molecule has 6 saturated carbocycles. The molecule has 2 saturated heterocycles. The summed E-state index contributed by atoms with van der Waals surface area (Å²) in [5.74, 6) is 2.96. The molecular formula is C37H59NO6. The average Bonchev–Trinajstić information content (AvgIpc) is 3.91. The number of hydrogen-bond donors (Lipinski definition) is 1. The van der Waals surface area contributed by atoms with Gasteiger partial charge in [-0.3, -0.25) is 9.59 Å². The maximum absolute atomic E-state index is 12.8. The van der Waals surface area contributed by atoms with Crippen molar-refractivity contribution in [3.05, 3.63) is 0 Å². The second kappa shape index (κ2) is 11.2. The van der Waals surface area contributed by atoms with E-state index in [4.69, 9.17) is 14.2 Å². The zero-order valence-corrected chi connectivity index (χ0v) is 28.2. The van der Waals surface area contributed by atoms with E-state index in [2.05, 4.69) is 20.8 Å². The van der Waals surface area contributed by atoms with Gasteiger partial charge < -0.3 is 24.2 Å². The molecule has 0 bridgehead atoms. The second-order valence-corrected chi connectivity index (χ2v) is 16.9. The minimum atomic E-state index is -0.728. The monoisotopic (exact) mass is 613 g/mol. The fourth-order valence-corrected chi connectivity index (χ4v) is 12.7. The summed E-state index contributed by atoms with van der Waals surface area (Å²) in [5, 5.41) is 9.37. The highest BCUT2D eigenvalue weighted by Crippen LogP contribution is 2.87. The molecule has 44 heavy (non-hydrogen) atoms. The van der Waals surface area contributed by atoms with Gasteiger partial charge in [0.15, 0.2) is 6.29 Å². The van der Waals surface area contributed by atoms with E-state index in [0.717, 1.165) is 37.5 Å². The normalized spacial score (nSPS) is 48.3. The highest BCUT2D eigenvalue weighted by Gasteiger charge is 2.80. The Morgan fingerprint density at radius 2 is 1.66 bits per heavy atom. The number of fused-ring (bicyclic) bond motifs is 4. The zero-order chi connectivity index (χ0) is 31.1. The highest BCUT2D eigenvalue weighted by molar-refractivity contribution is 5.76. The maximum Gasteiger partial charge on any atom is 0.305 e. The van der Waals surface area contributed by atoms with Gasteiger partial charge in [0, 0.05) is 13.0 Å². The van der Waals surface area contributed by atoms with Gasteiger partial charge in [-0.2, -0.15) is 0 Å². The number of nitrogens with zero attached hydrogens (tertiary/aromatic N) is 1. The predicted octanol–water partition coefficient (Wildman–Crippen LogP) is 7.06. The van der Waals surface area contributed by atoms with Crippen LogP contribution in [0.3, 0.4) is 0 Å². The van der Waals surface area contributed by atoms with Crippen molar-refractivity contribution in [2.24, 2.45) is 51.2 Å². The summed E-state index contributed by atoms with van der Waals surface area (Å²) in [4.78, 5) is 26.2. The zero-order valence-electron chi connectivity index (χ0n) is 28.2. The molecule has 2 spiro atoms. The van der Waals surface area contributed by atoms with E-state index in [0.29, 0.717) is 60.1 Å². The molecule has 0 aromatic rings. The van der Waals surface area contributed by atoms with Gasteiger partial charge in [-0.15, -0.1) is 0 Å². The lowest BCUT2D eigenvalue weighted by molar-refractivity contribution is -0.244. The third-order valence-electron chi connectivity index (χ3n) is 14.9. The summed E-state index contributed by atoms with van der Waals surface area (Å²) in [5.41, 5.74) is 1.39. The number of carbonyl (C=O) groups is 2. The summed E-state index contributed by atoms with van der Waals surface area (Å²) >= 11 is 0. The maximum atomic E-state index is 12.8. The quantitative estimate of drug-likeness (QED) is 0.345. The Morgan fingerprint density at radius 3 is 2.41 bits per heavy atom. The molecule has 8 rings (SSSR count). The molecule has 8 aliphatic rings. The molecule has 8 unspecified atom stereocenters. The summed E-state index contributed by atoms with van der Waals surface area (Å²) < 4.78 is 19.5. The Hall–Kier alpha value is -1.18. The van der Waals surface area contributed by atoms with Gasteiger partial charge in [-0.05, 0) is 128 Å². The van der Waals surface area contributed by atoms with Crippen LogP contribution in [-0.2, 0) is 23.8 Å². The standard InChI is InChI=1S/C35H53NO6.C2H6/c1-32(2)27-9-8-23-25-18-26-24(7-6-22(41-26)17-30(38)39)33(25,3)12-13-34(23)20-35(27,34)11-10-28(32)42-31-19-36(14-15-40-31)29(37)16-21-4-5-21;1-2/h21-28,31H,4-20H2,1-3H3,(H,38,39);1-2H3/t22?,23?,24?,25?,26?,27?,28-,31?,33?,34-,35+;/m0./s1. The van der Waals surface area contributed by atoms with Crippen molar-refractivity contribution in [1.29, 1.82) is 0 Å². The van der Waals surface area contributed by atoms with Crippen LogP contribution >= 0.6 is 0 Å². The second-order valence-electron chi connectivity index (χ2n) is 16.9. The fourth-order valence-electron chi connectivity index (χ4n) is 12.7. The molecule has 11 atom stereocenters. The van der Waals surface area contributed by atoms with Crippen molar-refractivity contribution in [3.8, 4) is 0 Å². The van der Waals surface area contributed by atoms with Gasteiger partial charge >= 0.3 is 5.97 Å². The topological polar surface area (TPSA) is 85.3 Å². The molecule has 1 N–H and O–H groups in total. The molecule has 0 aromatic carbocycles. The van der Waals surface area contributed by atoms with Crippen molar-refractivity contribution >= 4 is 11.9 Å². The number of amides is 1. The van der Waals surface area contributed by atoms with Crippen LogP contribution in [-0.4, -0.2) is 66.2 Å². The SMILES string of the molecule is CC.CC12CC[C@@]34C[C@@]35CC[C@H](OC3CN(C(=O)CC6CC6)CCO3)C(C)(C)C5CCC4C1CC1OC(CC(=O)O)CCC12. The molecular weight excluding hydrogens is 554 g/mol. The van der Waals surface area contributed by atoms with E-state index >= 15 is 0 Å². The fraction of sp³-hybridized carbons (Fsp3) is 0.946. The molecule has 0 aromatic heterocycles. The largest absolute Gasteiger partial charge is 0.481 e. The molecule has 0 radical (unpaired) electrons. The smallest absolute Gasteiger partial charge is 0.305 e.